The van der Waals surface area contributed by atoms with Crippen LogP contribution in [0, 0.1) is 12.8 Å². The highest BCUT2D eigenvalue weighted by atomic mass is 32.1. The molecule has 154 valence electrons. The van der Waals surface area contributed by atoms with Crippen LogP contribution in [0.3, 0.4) is 0 Å². The summed E-state index contributed by atoms with van der Waals surface area (Å²) in [5, 5.41) is 12.8. The average molecular weight is 415 g/mol. The van der Waals surface area contributed by atoms with Crippen LogP contribution in [0.4, 0.5) is 10.8 Å². The Morgan fingerprint density at radius 3 is 2.79 bits per heavy atom. The molecule has 8 heteroatoms. The van der Waals surface area contributed by atoms with Gasteiger partial charge in [-0.3, -0.25) is 9.59 Å². The van der Waals surface area contributed by atoms with E-state index in [9.17, 15) is 9.59 Å². The maximum atomic E-state index is 12.8. The third kappa shape index (κ3) is 4.27. The lowest BCUT2D eigenvalue weighted by Gasteiger charge is -2.20. The van der Waals surface area contributed by atoms with Gasteiger partial charge in [0.2, 0.25) is 16.9 Å². The fraction of sp³-hybridized carbons (Fsp3) is 0.524. The molecular formula is C21H26N4O3S. The van der Waals surface area contributed by atoms with Gasteiger partial charge in [-0.15, -0.1) is 10.2 Å². The molecule has 1 aromatic carbocycles. The number of methoxy groups -OCH3 is 1. The van der Waals surface area contributed by atoms with Gasteiger partial charge in [-0.2, -0.15) is 0 Å². The number of nitrogens with one attached hydrogen (secondary N) is 1. The summed E-state index contributed by atoms with van der Waals surface area (Å²) >= 11 is 1.46. The number of nitrogens with zero attached hydrogens (tertiary/aromatic N) is 3. The van der Waals surface area contributed by atoms with Gasteiger partial charge in [0, 0.05) is 18.9 Å². The Kier molecular flexibility index (Phi) is 5.80. The number of amides is 2. The predicted molar refractivity (Wildman–Crippen MR) is 113 cm³/mol. The number of ether oxygens (including phenoxy) is 1. The first-order valence-corrected chi connectivity index (χ1v) is 11.0. The van der Waals surface area contributed by atoms with E-state index in [1.165, 1.54) is 30.6 Å². The van der Waals surface area contributed by atoms with Gasteiger partial charge >= 0.3 is 0 Å². The molecular weight excluding hydrogens is 388 g/mol. The van der Waals surface area contributed by atoms with Crippen molar-refractivity contribution >= 4 is 34.0 Å². The second-order valence-electron chi connectivity index (χ2n) is 7.85. The monoisotopic (exact) mass is 414 g/mol. The first-order valence-electron chi connectivity index (χ1n) is 10.1. The molecule has 29 heavy (non-hydrogen) atoms. The van der Waals surface area contributed by atoms with Crippen LogP contribution >= 0.6 is 11.3 Å². The molecule has 2 heterocycles. The fourth-order valence-corrected chi connectivity index (χ4v) is 5.05. The molecule has 1 aromatic heterocycles. The number of rotatable bonds is 5. The maximum absolute atomic E-state index is 12.8. The van der Waals surface area contributed by atoms with Crippen LogP contribution in [0.5, 0.6) is 5.75 Å². The number of hydrogen-bond acceptors (Lipinski definition) is 6. The average Bonchev–Trinajstić information content (AvgIpc) is 3.35. The van der Waals surface area contributed by atoms with Crippen molar-refractivity contribution in [3.8, 4) is 5.75 Å². The van der Waals surface area contributed by atoms with Crippen molar-refractivity contribution in [1.82, 2.24) is 10.2 Å². The number of hydrogen-bond donors (Lipinski definition) is 1. The lowest BCUT2D eigenvalue weighted by Crippen LogP contribution is -2.28. The molecule has 2 fully saturated rings. The van der Waals surface area contributed by atoms with Crippen molar-refractivity contribution < 1.29 is 14.3 Å². The lowest BCUT2D eigenvalue weighted by molar-refractivity contribution is -0.122. The summed E-state index contributed by atoms with van der Waals surface area (Å²) in [5.74, 6) is 0.415. The molecule has 0 radical (unpaired) electrons. The van der Waals surface area contributed by atoms with Gasteiger partial charge in [0.15, 0.2) is 0 Å². The van der Waals surface area contributed by atoms with E-state index >= 15 is 0 Å². The Labute approximate surface area is 174 Å². The molecule has 4 rings (SSSR count). The van der Waals surface area contributed by atoms with Gasteiger partial charge in [0.05, 0.1) is 18.7 Å². The molecule has 1 aliphatic heterocycles. The summed E-state index contributed by atoms with van der Waals surface area (Å²) in [6, 6.07) is 5.70. The van der Waals surface area contributed by atoms with E-state index in [4.69, 9.17) is 4.74 Å². The van der Waals surface area contributed by atoms with Gasteiger partial charge in [-0.05, 0) is 37.5 Å². The Balaban J connectivity index is 1.42. The highest BCUT2D eigenvalue weighted by Crippen LogP contribution is 2.36. The van der Waals surface area contributed by atoms with E-state index in [2.05, 4.69) is 15.5 Å². The number of carbonyl (C=O) groups excluding carboxylic acids is 2. The fourth-order valence-electron chi connectivity index (χ4n) is 4.13. The summed E-state index contributed by atoms with van der Waals surface area (Å²) in [7, 11) is 1.58. The van der Waals surface area contributed by atoms with Crippen molar-refractivity contribution in [2.75, 3.05) is 23.9 Å². The summed E-state index contributed by atoms with van der Waals surface area (Å²) in [6.07, 6.45) is 6.22. The van der Waals surface area contributed by atoms with Crippen LogP contribution in [-0.2, 0) is 9.59 Å². The van der Waals surface area contributed by atoms with Gasteiger partial charge in [0.1, 0.15) is 10.8 Å². The van der Waals surface area contributed by atoms with Crippen LogP contribution in [0.25, 0.3) is 0 Å². The van der Waals surface area contributed by atoms with E-state index < -0.39 is 5.92 Å². The first kappa shape index (κ1) is 19.8. The molecule has 2 aliphatic rings. The Morgan fingerprint density at radius 2 is 2.03 bits per heavy atom. The Morgan fingerprint density at radius 1 is 1.24 bits per heavy atom. The third-order valence-electron chi connectivity index (χ3n) is 5.75. The minimum absolute atomic E-state index is 0.0748. The Bertz CT molecular complexity index is 907. The molecule has 7 nitrogen and oxygen atoms in total. The first-order chi connectivity index (χ1) is 14.0. The number of aryl methyl sites for hydroxylation is 1. The molecule has 1 saturated carbocycles. The van der Waals surface area contributed by atoms with Gasteiger partial charge in [-0.1, -0.05) is 36.7 Å². The predicted octanol–water partition coefficient (Wildman–Crippen LogP) is 3.89. The van der Waals surface area contributed by atoms with Crippen LogP contribution in [0.1, 0.15) is 55.0 Å². The Hall–Kier alpha value is -2.48. The van der Waals surface area contributed by atoms with Crippen molar-refractivity contribution in [1.29, 1.82) is 0 Å². The second-order valence-corrected chi connectivity index (χ2v) is 8.86. The van der Waals surface area contributed by atoms with Crippen LogP contribution in [-0.4, -0.2) is 35.7 Å². The largest absolute Gasteiger partial charge is 0.495 e. The molecule has 1 atom stereocenters. The SMILES string of the molecule is COc1ccc(C)cc1N1CC(C(=O)Nc2nnc(C3CCCCC3)s2)CC1=O. The summed E-state index contributed by atoms with van der Waals surface area (Å²) in [4.78, 5) is 27.0. The number of aromatic nitrogens is 2. The van der Waals surface area contributed by atoms with Crippen LogP contribution < -0.4 is 15.0 Å². The van der Waals surface area contributed by atoms with Crippen molar-refractivity contribution in [2.24, 2.45) is 5.92 Å². The van der Waals surface area contributed by atoms with Gasteiger partial charge in [-0.25, -0.2) is 0 Å². The van der Waals surface area contributed by atoms with E-state index in [0.717, 1.165) is 23.4 Å². The lowest BCUT2D eigenvalue weighted by atomic mass is 9.90. The molecule has 1 unspecified atom stereocenters. The molecule has 1 aliphatic carbocycles. The van der Waals surface area contributed by atoms with E-state index in [-0.39, 0.29) is 18.2 Å². The van der Waals surface area contributed by atoms with E-state index in [0.29, 0.717) is 29.0 Å². The number of benzene rings is 1. The topological polar surface area (TPSA) is 84.4 Å². The summed E-state index contributed by atoms with van der Waals surface area (Å²) < 4.78 is 5.40. The highest BCUT2D eigenvalue weighted by Gasteiger charge is 2.36. The molecule has 1 saturated heterocycles. The smallest absolute Gasteiger partial charge is 0.231 e. The van der Waals surface area contributed by atoms with E-state index in [1.807, 2.05) is 25.1 Å². The zero-order valence-electron chi connectivity index (χ0n) is 16.8. The quantitative estimate of drug-likeness (QED) is 0.802. The zero-order chi connectivity index (χ0) is 20.4. The third-order valence-corrected chi connectivity index (χ3v) is 6.75. The summed E-state index contributed by atoms with van der Waals surface area (Å²) in [5.41, 5.74) is 1.74. The normalized spacial score (nSPS) is 20.1. The maximum Gasteiger partial charge on any atom is 0.231 e. The van der Waals surface area contributed by atoms with Crippen molar-refractivity contribution in [3.05, 3.63) is 28.8 Å². The molecule has 2 aromatic rings. The number of anilines is 2. The second kappa shape index (κ2) is 8.49. The van der Waals surface area contributed by atoms with Crippen LogP contribution in [0.2, 0.25) is 0 Å². The molecule has 0 bridgehead atoms. The van der Waals surface area contributed by atoms with Gasteiger partial charge < -0.3 is 15.0 Å². The standard InChI is InChI=1S/C21H26N4O3S/c1-13-8-9-17(28-2)16(10-13)25-12-15(11-18(25)26)19(27)22-21-24-23-20(29-21)14-6-4-3-5-7-14/h8-10,14-15H,3-7,11-12H2,1-2H3,(H,22,24,27). The molecule has 2 amide bonds. The minimum Gasteiger partial charge on any atom is -0.495 e. The van der Waals surface area contributed by atoms with Crippen molar-refractivity contribution in [2.45, 2.75) is 51.4 Å². The van der Waals surface area contributed by atoms with Crippen LogP contribution in [0.15, 0.2) is 18.2 Å². The van der Waals surface area contributed by atoms with E-state index in [1.54, 1.807) is 12.0 Å². The highest BCUT2D eigenvalue weighted by molar-refractivity contribution is 7.15. The summed E-state index contributed by atoms with van der Waals surface area (Å²) in [6.45, 7) is 2.30. The molecule has 0 spiro atoms. The minimum atomic E-state index is -0.422. The van der Waals surface area contributed by atoms with Crippen molar-refractivity contribution in [3.63, 3.8) is 0 Å². The molecule has 1 N–H and O–H groups in total. The zero-order valence-corrected chi connectivity index (χ0v) is 17.6. The van der Waals surface area contributed by atoms with Gasteiger partial charge in [0.25, 0.3) is 0 Å². The number of carbonyl (C=O) groups is 2.